The zero-order chi connectivity index (χ0) is 13.8. The van der Waals surface area contributed by atoms with E-state index in [-0.39, 0.29) is 11.5 Å². The average molecular weight is 249 g/mol. The molecule has 0 fully saturated rings. The molecule has 1 atom stereocenters. The van der Waals surface area contributed by atoms with Crippen molar-refractivity contribution in [2.24, 2.45) is 0 Å². The van der Waals surface area contributed by atoms with Gasteiger partial charge in [0.05, 0.1) is 0 Å². The van der Waals surface area contributed by atoms with Gasteiger partial charge in [0.25, 0.3) is 0 Å². The summed E-state index contributed by atoms with van der Waals surface area (Å²) >= 11 is 0. The lowest BCUT2D eigenvalue weighted by Gasteiger charge is -2.21. The van der Waals surface area contributed by atoms with E-state index in [0.717, 1.165) is 12.3 Å². The summed E-state index contributed by atoms with van der Waals surface area (Å²) in [5, 5.41) is 3.39. The minimum absolute atomic E-state index is 0.165. The SMILES string of the molecule is CC(C)NCC(C)Oc1cccc(C(C)(C)C)c1. The largest absolute Gasteiger partial charge is 0.489 e. The van der Waals surface area contributed by atoms with Crippen LogP contribution in [-0.4, -0.2) is 18.7 Å². The van der Waals surface area contributed by atoms with Gasteiger partial charge in [-0.15, -0.1) is 0 Å². The molecule has 0 amide bonds. The van der Waals surface area contributed by atoms with Gasteiger partial charge in [-0.3, -0.25) is 0 Å². The van der Waals surface area contributed by atoms with Crippen LogP contribution < -0.4 is 10.1 Å². The highest BCUT2D eigenvalue weighted by Gasteiger charge is 2.14. The molecule has 0 aliphatic carbocycles. The molecule has 1 aromatic rings. The highest BCUT2D eigenvalue weighted by Crippen LogP contribution is 2.25. The lowest BCUT2D eigenvalue weighted by Crippen LogP contribution is -2.33. The standard InChI is InChI=1S/C16H27NO/c1-12(2)17-11-13(3)18-15-9-7-8-14(10-15)16(4,5)6/h7-10,12-13,17H,11H2,1-6H3. The molecule has 0 bridgehead atoms. The fraction of sp³-hybridized carbons (Fsp3) is 0.625. The molecule has 0 spiro atoms. The van der Waals surface area contributed by atoms with Crippen molar-refractivity contribution in [1.29, 1.82) is 0 Å². The first-order valence-electron chi connectivity index (χ1n) is 6.79. The van der Waals surface area contributed by atoms with Crippen molar-refractivity contribution in [2.45, 2.75) is 59.1 Å². The average Bonchev–Trinajstić information content (AvgIpc) is 2.25. The Kier molecular flexibility index (Phi) is 5.21. The summed E-state index contributed by atoms with van der Waals surface area (Å²) < 4.78 is 5.94. The summed E-state index contributed by atoms with van der Waals surface area (Å²) in [6.45, 7) is 13.9. The Morgan fingerprint density at radius 3 is 2.39 bits per heavy atom. The van der Waals surface area contributed by atoms with Gasteiger partial charge in [0.1, 0.15) is 11.9 Å². The van der Waals surface area contributed by atoms with E-state index >= 15 is 0 Å². The van der Waals surface area contributed by atoms with Crippen LogP contribution in [-0.2, 0) is 5.41 Å². The highest BCUT2D eigenvalue weighted by atomic mass is 16.5. The monoisotopic (exact) mass is 249 g/mol. The number of rotatable bonds is 5. The second kappa shape index (κ2) is 6.24. The minimum Gasteiger partial charge on any atom is -0.489 e. The van der Waals surface area contributed by atoms with Crippen LogP contribution in [0.3, 0.4) is 0 Å². The van der Waals surface area contributed by atoms with E-state index in [2.05, 4.69) is 65.1 Å². The van der Waals surface area contributed by atoms with E-state index in [1.807, 2.05) is 6.07 Å². The van der Waals surface area contributed by atoms with E-state index in [1.54, 1.807) is 0 Å². The minimum atomic E-state index is 0.165. The molecule has 0 heterocycles. The molecule has 1 rings (SSSR count). The van der Waals surface area contributed by atoms with Crippen LogP contribution in [0.5, 0.6) is 5.75 Å². The second-order valence-corrected chi connectivity index (χ2v) is 6.27. The van der Waals surface area contributed by atoms with Crippen LogP contribution in [0, 0.1) is 0 Å². The van der Waals surface area contributed by atoms with Gasteiger partial charge >= 0.3 is 0 Å². The quantitative estimate of drug-likeness (QED) is 0.858. The Bertz CT molecular complexity index is 366. The third kappa shape index (κ3) is 5.09. The summed E-state index contributed by atoms with van der Waals surface area (Å²) in [5.41, 5.74) is 1.47. The molecule has 2 nitrogen and oxygen atoms in total. The molecule has 18 heavy (non-hydrogen) atoms. The van der Waals surface area contributed by atoms with Crippen molar-refractivity contribution in [3.63, 3.8) is 0 Å². The fourth-order valence-electron chi connectivity index (χ4n) is 1.71. The van der Waals surface area contributed by atoms with E-state index in [1.165, 1.54) is 5.56 Å². The smallest absolute Gasteiger partial charge is 0.120 e. The van der Waals surface area contributed by atoms with Gasteiger partial charge in [-0.05, 0) is 30.0 Å². The molecule has 2 heteroatoms. The van der Waals surface area contributed by atoms with Crippen LogP contribution in [0.4, 0.5) is 0 Å². The van der Waals surface area contributed by atoms with Crippen LogP contribution in [0.2, 0.25) is 0 Å². The van der Waals surface area contributed by atoms with Crippen LogP contribution in [0.25, 0.3) is 0 Å². The molecule has 102 valence electrons. The third-order valence-electron chi connectivity index (χ3n) is 2.85. The van der Waals surface area contributed by atoms with Gasteiger partial charge in [0.2, 0.25) is 0 Å². The zero-order valence-corrected chi connectivity index (χ0v) is 12.6. The summed E-state index contributed by atoms with van der Waals surface area (Å²) in [6, 6.07) is 8.90. The Labute approximate surface area is 112 Å². The lowest BCUT2D eigenvalue weighted by atomic mass is 9.87. The molecule has 0 radical (unpaired) electrons. The first-order chi connectivity index (χ1) is 8.29. The first-order valence-corrected chi connectivity index (χ1v) is 6.79. The molecule has 0 aliphatic rings. The molecule has 0 saturated carbocycles. The molecule has 1 N–H and O–H groups in total. The number of nitrogens with one attached hydrogen (secondary N) is 1. The van der Waals surface area contributed by atoms with Crippen LogP contribution >= 0.6 is 0 Å². The van der Waals surface area contributed by atoms with Crippen molar-refractivity contribution < 1.29 is 4.74 Å². The maximum Gasteiger partial charge on any atom is 0.120 e. The topological polar surface area (TPSA) is 21.3 Å². The van der Waals surface area contributed by atoms with Crippen LogP contribution in [0.1, 0.15) is 47.1 Å². The van der Waals surface area contributed by atoms with Gasteiger partial charge in [-0.25, -0.2) is 0 Å². The van der Waals surface area contributed by atoms with Gasteiger partial charge in [-0.2, -0.15) is 0 Å². The van der Waals surface area contributed by atoms with Crippen molar-refractivity contribution >= 4 is 0 Å². The number of ether oxygens (including phenoxy) is 1. The predicted octanol–water partition coefficient (Wildman–Crippen LogP) is 3.75. The van der Waals surface area contributed by atoms with E-state index < -0.39 is 0 Å². The second-order valence-electron chi connectivity index (χ2n) is 6.27. The van der Waals surface area contributed by atoms with Gasteiger partial charge in [0.15, 0.2) is 0 Å². The van der Waals surface area contributed by atoms with Crippen molar-refractivity contribution in [1.82, 2.24) is 5.32 Å². The Morgan fingerprint density at radius 1 is 1.17 bits per heavy atom. The fourth-order valence-corrected chi connectivity index (χ4v) is 1.71. The zero-order valence-electron chi connectivity index (χ0n) is 12.6. The molecule has 0 aromatic heterocycles. The van der Waals surface area contributed by atoms with Gasteiger partial charge in [-0.1, -0.05) is 46.8 Å². The molecular formula is C16H27NO. The Morgan fingerprint density at radius 2 is 1.83 bits per heavy atom. The molecular weight excluding hydrogens is 222 g/mol. The van der Waals surface area contributed by atoms with Gasteiger partial charge in [0, 0.05) is 12.6 Å². The van der Waals surface area contributed by atoms with Crippen molar-refractivity contribution in [3.05, 3.63) is 29.8 Å². The summed E-state index contributed by atoms with van der Waals surface area (Å²) in [4.78, 5) is 0. The molecule has 1 aromatic carbocycles. The van der Waals surface area contributed by atoms with Crippen molar-refractivity contribution in [2.75, 3.05) is 6.54 Å². The molecule has 0 saturated heterocycles. The van der Waals surface area contributed by atoms with Crippen molar-refractivity contribution in [3.8, 4) is 5.75 Å². The molecule has 1 unspecified atom stereocenters. The van der Waals surface area contributed by atoms with E-state index in [9.17, 15) is 0 Å². The lowest BCUT2D eigenvalue weighted by molar-refractivity contribution is 0.213. The Balaban J connectivity index is 2.62. The summed E-state index contributed by atoms with van der Waals surface area (Å²) in [5.74, 6) is 0.959. The molecule has 0 aliphatic heterocycles. The van der Waals surface area contributed by atoms with E-state index in [4.69, 9.17) is 4.74 Å². The predicted molar refractivity (Wildman–Crippen MR) is 78.4 cm³/mol. The third-order valence-corrected chi connectivity index (χ3v) is 2.85. The number of benzene rings is 1. The maximum atomic E-state index is 5.94. The van der Waals surface area contributed by atoms with Gasteiger partial charge < -0.3 is 10.1 Å². The highest BCUT2D eigenvalue weighted by molar-refractivity contribution is 5.32. The summed E-state index contributed by atoms with van der Waals surface area (Å²) in [6.07, 6.45) is 0.183. The van der Waals surface area contributed by atoms with Crippen LogP contribution in [0.15, 0.2) is 24.3 Å². The number of hydrogen-bond donors (Lipinski definition) is 1. The first kappa shape index (κ1) is 15.0. The normalized spacial score (nSPS) is 13.7. The summed E-state index contributed by atoms with van der Waals surface area (Å²) in [7, 11) is 0. The number of hydrogen-bond acceptors (Lipinski definition) is 2. The van der Waals surface area contributed by atoms with E-state index in [0.29, 0.717) is 6.04 Å². The maximum absolute atomic E-state index is 5.94. The Hall–Kier alpha value is -1.02.